The Balaban J connectivity index is 1.84. The number of ether oxygens (including phenoxy) is 4. The highest BCUT2D eigenvalue weighted by Gasteiger charge is 2.51. The highest BCUT2D eigenvalue weighted by molar-refractivity contribution is 5.71. The molecule has 2 fully saturated rings. The standard InChI is InChI=1S/C47H75NO17/c1-27-17-15-13-11-9-7-5-6-8-10-12-14-16-18-34(64-46-44(58)41(48)43(57)30(4)63-46)24-38-40(45(59)60)37(54)26-47(61,65-38)25-36(53)35(52)20-19-31(49)21-32(50)22-33(51)23-39(55)62-29(3)28(2)42(27)56/h5-6,8,10-18,27-38,40-44,46,49-54,56-58,61H,7,9,19-26,48H2,1-4H3,(H,59,60)/b6-5+,10-8+,13-11+,14-12+,17-15+,18-16+/t27-,28-,29-,30-,31+,32+,33+,34-,35+,36+,37-,38?,40+,41+,42+,43-,44+,46?,47+/m0/s1. The summed E-state index contributed by atoms with van der Waals surface area (Å²) < 4.78 is 23.2. The van der Waals surface area contributed by atoms with Gasteiger partial charge in [0.1, 0.15) is 18.1 Å². The van der Waals surface area contributed by atoms with E-state index in [0.717, 1.165) is 12.8 Å². The Kier molecular flexibility index (Phi) is 23.8. The van der Waals surface area contributed by atoms with Gasteiger partial charge in [-0.25, -0.2) is 0 Å². The Morgan fingerprint density at radius 1 is 0.692 bits per heavy atom. The molecule has 0 amide bonds. The van der Waals surface area contributed by atoms with Crippen molar-refractivity contribution in [1.29, 1.82) is 0 Å². The van der Waals surface area contributed by atoms with Gasteiger partial charge in [-0.1, -0.05) is 86.8 Å². The summed E-state index contributed by atoms with van der Waals surface area (Å²) in [6.45, 7) is 6.78. The number of hydrogen-bond donors (Lipinski definition) is 12. The summed E-state index contributed by atoms with van der Waals surface area (Å²) in [5.41, 5.74) is 6.02. The third-order valence-electron chi connectivity index (χ3n) is 12.2. The molecule has 2 saturated heterocycles. The zero-order valence-electron chi connectivity index (χ0n) is 37.8. The number of rotatable bonds is 3. The van der Waals surface area contributed by atoms with E-state index in [0.29, 0.717) is 0 Å². The molecule has 2 unspecified atom stereocenters. The van der Waals surface area contributed by atoms with Crippen LogP contribution in [0.3, 0.4) is 0 Å². The van der Waals surface area contributed by atoms with Crippen molar-refractivity contribution in [1.82, 2.24) is 0 Å². The number of allylic oxidation sites excluding steroid dienone is 10. The van der Waals surface area contributed by atoms with Crippen molar-refractivity contribution in [2.75, 3.05) is 0 Å². The lowest BCUT2D eigenvalue weighted by atomic mass is 9.82. The molecule has 19 atom stereocenters. The average Bonchev–Trinajstić information content (AvgIpc) is 3.21. The SMILES string of the molecule is C[C@@H]1[C@H](O)[C@@H](C)/C=C/C=C/CC/C=C/C=C/C=C/C=C/[C@H](OC2O[C@@H](C)[C@H](O)[C@@H](N)[C@H]2O)CC2O[C@](O)(C[C@@H](O)[C@H](O)CC[C@@H](O)C[C@@H](O)C[C@@H](O)CC(=O)O[C@H]1C)C[C@H](O)[C@H]2C(=O)O. The van der Waals surface area contributed by atoms with Gasteiger partial charge in [0.05, 0.1) is 79.6 Å². The summed E-state index contributed by atoms with van der Waals surface area (Å²) in [5.74, 6) is -6.82. The first-order chi connectivity index (χ1) is 30.6. The van der Waals surface area contributed by atoms with Crippen molar-refractivity contribution in [3.8, 4) is 0 Å². The molecule has 3 aliphatic rings. The Labute approximate surface area is 381 Å². The predicted molar refractivity (Wildman–Crippen MR) is 237 cm³/mol. The van der Waals surface area contributed by atoms with Gasteiger partial charge in [-0.15, -0.1) is 0 Å². The summed E-state index contributed by atoms with van der Waals surface area (Å²) in [6, 6.07) is -1.14. The molecule has 0 radical (unpaired) electrons. The zero-order chi connectivity index (χ0) is 48.4. The van der Waals surface area contributed by atoms with Gasteiger partial charge in [0.2, 0.25) is 0 Å². The second-order valence-corrected chi connectivity index (χ2v) is 17.8. The Morgan fingerprint density at radius 3 is 1.94 bits per heavy atom. The molecule has 0 aromatic carbocycles. The molecule has 13 N–H and O–H groups in total. The molecular formula is C47H75NO17. The fraction of sp³-hybridized carbons (Fsp3) is 0.702. The smallest absolute Gasteiger partial charge is 0.311 e. The maximum absolute atomic E-state index is 12.6. The van der Waals surface area contributed by atoms with E-state index in [1.807, 2.05) is 49.5 Å². The first-order valence-electron chi connectivity index (χ1n) is 22.6. The molecule has 3 heterocycles. The maximum atomic E-state index is 12.6. The van der Waals surface area contributed by atoms with Gasteiger partial charge < -0.3 is 80.9 Å². The van der Waals surface area contributed by atoms with Gasteiger partial charge in [-0.05, 0) is 52.4 Å². The minimum absolute atomic E-state index is 0.138. The van der Waals surface area contributed by atoms with E-state index >= 15 is 0 Å². The van der Waals surface area contributed by atoms with E-state index in [9.17, 15) is 65.8 Å². The van der Waals surface area contributed by atoms with Crippen molar-refractivity contribution in [3.63, 3.8) is 0 Å². The average molecular weight is 926 g/mol. The number of nitrogens with two attached hydrogens (primary N) is 1. The second kappa shape index (κ2) is 27.6. The summed E-state index contributed by atoms with van der Waals surface area (Å²) in [5, 5.41) is 118. The number of carbonyl (C=O) groups excluding carboxylic acids is 1. The molecular weight excluding hydrogens is 851 g/mol. The van der Waals surface area contributed by atoms with E-state index in [1.54, 1.807) is 38.2 Å². The van der Waals surface area contributed by atoms with Crippen molar-refractivity contribution >= 4 is 11.9 Å². The molecule has 0 spiro atoms. The quantitative estimate of drug-likeness (QED) is 0.175. The normalized spacial score (nSPS) is 45.2. The zero-order valence-corrected chi connectivity index (χ0v) is 37.8. The number of carboxylic acid groups (broad SMARTS) is 1. The van der Waals surface area contributed by atoms with E-state index in [4.69, 9.17) is 24.7 Å². The summed E-state index contributed by atoms with van der Waals surface area (Å²) in [6.07, 6.45) is 2.28. The molecule has 18 nitrogen and oxygen atoms in total. The number of cyclic esters (lactones) is 1. The number of carbonyl (C=O) groups is 2. The molecule has 3 aliphatic heterocycles. The molecule has 18 heteroatoms. The van der Waals surface area contributed by atoms with Crippen LogP contribution in [-0.4, -0.2) is 166 Å². The Hall–Kier alpha value is -3.18. The number of esters is 1. The van der Waals surface area contributed by atoms with E-state index < -0.39 is 141 Å². The molecule has 0 saturated carbocycles. The molecule has 370 valence electrons. The summed E-state index contributed by atoms with van der Waals surface area (Å²) in [4.78, 5) is 25.1. The number of carboxylic acids is 1. The lowest BCUT2D eigenvalue weighted by Crippen LogP contribution is -2.61. The van der Waals surface area contributed by atoms with Crippen LogP contribution in [0.5, 0.6) is 0 Å². The van der Waals surface area contributed by atoms with Crippen molar-refractivity contribution in [2.45, 2.75) is 189 Å². The van der Waals surface area contributed by atoms with E-state index in [1.165, 1.54) is 13.0 Å². The summed E-state index contributed by atoms with van der Waals surface area (Å²) >= 11 is 0. The maximum Gasteiger partial charge on any atom is 0.311 e. The van der Waals surface area contributed by atoms with Crippen molar-refractivity contribution in [3.05, 3.63) is 72.9 Å². The lowest BCUT2D eigenvalue weighted by molar-refractivity contribution is -0.310. The van der Waals surface area contributed by atoms with Crippen LogP contribution in [0.25, 0.3) is 0 Å². The first kappa shape index (κ1) is 56.1. The Morgan fingerprint density at radius 2 is 1.28 bits per heavy atom. The highest BCUT2D eigenvalue weighted by Crippen LogP contribution is 2.38. The van der Waals surface area contributed by atoms with Crippen LogP contribution in [0.2, 0.25) is 0 Å². The predicted octanol–water partition coefficient (Wildman–Crippen LogP) is 0.936. The summed E-state index contributed by atoms with van der Waals surface area (Å²) in [7, 11) is 0. The second-order valence-electron chi connectivity index (χ2n) is 17.8. The third kappa shape index (κ3) is 18.8. The third-order valence-corrected chi connectivity index (χ3v) is 12.2. The number of aliphatic carboxylic acids is 1. The molecule has 65 heavy (non-hydrogen) atoms. The van der Waals surface area contributed by atoms with Crippen molar-refractivity contribution < 1.29 is 84.7 Å². The number of aliphatic hydroxyl groups is 10. The fourth-order valence-electron chi connectivity index (χ4n) is 8.11. The number of hydrogen-bond acceptors (Lipinski definition) is 17. The molecule has 0 aromatic heterocycles. The van der Waals surface area contributed by atoms with Gasteiger partial charge in [0.15, 0.2) is 12.1 Å². The van der Waals surface area contributed by atoms with Crippen LogP contribution in [0.15, 0.2) is 72.9 Å². The molecule has 0 aliphatic carbocycles. The minimum atomic E-state index is -2.35. The van der Waals surface area contributed by atoms with Crippen LogP contribution in [-0.2, 0) is 28.5 Å². The van der Waals surface area contributed by atoms with Gasteiger partial charge in [0, 0.05) is 31.1 Å². The monoisotopic (exact) mass is 926 g/mol. The minimum Gasteiger partial charge on any atom is -0.481 e. The number of fused-ring (bicyclic) bond motifs is 2. The molecule has 2 bridgehead atoms. The molecule has 3 rings (SSSR count). The van der Waals surface area contributed by atoms with Crippen LogP contribution in [0.1, 0.15) is 91.9 Å². The van der Waals surface area contributed by atoms with Gasteiger partial charge in [-0.2, -0.15) is 0 Å². The fourth-order valence-corrected chi connectivity index (χ4v) is 8.11. The Bertz CT molecular complexity index is 1620. The lowest BCUT2D eigenvalue weighted by Gasteiger charge is -2.45. The van der Waals surface area contributed by atoms with Gasteiger partial charge in [0.25, 0.3) is 0 Å². The van der Waals surface area contributed by atoms with Crippen LogP contribution in [0, 0.1) is 17.8 Å². The van der Waals surface area contributed by atoms with Crippen molar-refractivity contribution in [2.24, 2.45) is 23.5 Å². The van der Waals surface area contributed by atoms with E-state index in [-0.39, 0.29) is 38.0 Å². The van der Waals surface area contributed by atoms with Crippen LogP contribution < -0.4 is 5.73 Å². The molecule has 0 aromatic rings. The highest BCUT2D eigenvalue weighted by atomic mass is 16.7. The van der Waals surface area contributed by atoms with E-state index in [2.05, 4.69) is 0 Å². The van der Waals surface area contributed by atoms with Gasteiger partial charge in [-0.3, -0.25) is 9.59 Å². The number of aliphatic hydroxyl groups excluding tert-OH is 9. The van der Waals surface area contributed by atoms with Crippen LogP contribution >= 0.6 is 0 Å². The van der Waals surface area contributed by atoms with Gasteiger partial charge >= 0.3 is 11.9 Å². The van der Waals surface area contributed by atoms with Crippen LogP contribution in [0.4, 0.5) is 0 Å². The topological polar surface area (TPSA) is 320 Å². The first-order valence-corrected chi connectivity index (χ1v) is 22.6. The largest absolute Gasteiger partial charge is 0.481 e.